The molecule has 2 aromatic carbocycles. The van der Waals surface area contributed by atoms with Gasteiger partial charge in [-0.05, 0) is 24.4 Å². The Morgan fingerprint density at radius 1 is 0.944 bits per heavy atom. The van der Waals surface area contributed by atoms with E-state index in [9.17, 15) is 4.79 Å². The predicted octanol–water partition coefficient (Wildman–Crippen LogP) is 3.77. The third kappa shape index (κ3) is 1.82. The van der Waals surface area contributed by atoms with Crippen LogP contribution in [0.2, 0.25) is 0 Å². The molecule has 2 nitrogen and oxygen atoms in total. The van der Waals surface area contributed by atoms with Crippen LogP contribution in [-0.4, -0.2) is 0 Å². The number of aryl methyl sites for hydroxylation is 1. The lowest BCUT2D eigenvalue weighted by atomic mass is 10.1. The van der Waals surface area contributed by atoms with E-state index in [1.807, 2.05) is 61.5 Å². The first-order chi connectivity index (χ1) is 8.74. The van der Waals surface area contributed by atoms with Crippen molar-refractivity contribution in [1.82, 2.24) is 0 Å². The van der Waals surface area contributed by atoms with Crippen molar-refractivity contribution in [2.24, 2.45) is 0 Å². The molecule has 0 bridgehead atoms. The van der Waals surface area contributed by atoms with Crippen molar-refractivity contribution in [2.75, 3.05) is 0 Å². The molecular formula is C16H12O2. The number of hydrogen-bond acceptors (Lipinski definition) is 2. The molecule has 0 aliphatic rings. The second-order valence-electron chi connectivity index (χ2n) is 4.35. The summed E-state index contributed by atoms with van der Waals surface area (Å²) in [6.07, 6.45) is 0. The van der Waals surface area contributed by atoms with E-state index in [-0.39, 0.29) is 5.63 Å². The van der Waals surface area contributed by atoms with Gasteiger partial charge in [0.05, 0.1) is 5.39 Å². The van der Waals surface area contributed by atoms with Crippen molar-refractivity contribution >= 4 is 10.8 Å². The zero-order valence-corrected chi connectivity index (χ0v) is 10.0. The van der Waals surface area contributed by atoms with Crippen LogP contribution in [0.4, 0.5) is 0 Å². The summed E-state index contributed by atoms with van der Waals surface area (Å²) >= 11 is 0. The molecule has 0 fully saturated rings. The van der Waals surface area contributed by atoms with Crippen molar-refractivity contribution in [1.29, 1.82) is 0 Å². The standard InChI is InChI=1S/C16H12O2/c1-11-7-8-13-10-15(12-5-3-2-4-6-12)18-16(17)14(13)9-11/h2-10H,1H3. The fraction of sp³-hybridized carbons (Fsp3) is 0.0625. The van der Waals surface area contributed by atoms with Crippen LogP contribution >= 0.6 is 0 Å². The van der Waals surface area contributed by atoms with Crippen molar-refractivity contribution in [2.45, 2.75) is 6.92 Å². The van der Waals surface area contributed by atoms with Gasteiger partial charge in [0.2, 0.25) is 0 Å². The minimum absolute atomic E-state index is 0.282. The van der Waals surface area contributed by atoms with Crippen LogP contribution in [0.15, 0.2) is 63.8 Å². The Labute approximate surface area is 105 Å². The summed E-state index contributed by atoms with van der Waals surface area (Å²) in [4.78, 5) is 12.0. The largest absolute Gasteiger partial charge is 0.422 e. The van der Waals surface area contributed by atoms with E-state index in [1.54, 1.807) is 0 Å². The molecule has 0 radical (unpaired) electrons. The van der Waals surface area contributed by atoms with Gasteiger partial charge in [-0.1, -0.05) is 48.0 Å². The van der Waals surface area contributed by atoms with Crippen LogP contribution in [0.25, 0.3) is 22.1 Å². The first-order valence-electron chi connectivity index (χ1n) is 5.84. The molecule has 1 aromatic heterocycles. The van der Waals surface area contributed by atoms with Crippen molar-refractivity contribution in [3.8, 4) is 11.3 Å². The predicted molar refractivity (Wildman–Crippen MR) is 72.7 cm³/mol. The Bertz CT molecular complexity index is 755. The Balaban J connectivity index is 2.29. The van der Waals surface area contributed by atoms with Gasteiger partial charge in [0.15, 0.2) is 0 Å². The Hall–Kier alpha value is -2.35. The van der Waals surface area contributed by atoms with Crippen molar-refractivity contribution in [3.05, 3.63) is 70.6 Å². The van der Waals surface area contributed by atoms with Gasteiger partial charge in [-0.3, -0.25) is 0 Å². The first kappa shape index (κ1) is 10.8. The summed E-state index contributed by atoms with van der Waals surface area (Å²) in [7, 11) is 0. The SMILES string of the molecule is Cc1ccc2cc(-c3ccccc3)oc(=O)c2c1. The van der Waals surface area contributed by atoms with Gasteiger partial charge in [-0.2, -0.15) is 0 Å². The van der Waals surface area contributed by atoms with E-state index in [0.29, 0.717) is 11.1 Å². The molecule has 3 rings (SSSR count). The summed E-state index contributed by atoms with van der Waals surface area (Å²) < 4.78 is 5.38. The molecule has 18 heavy (non-hydrogen) atoms. The molecule has 2 heteroatoms. The lowest BCUT2D eigenvalue weighted by molar-refractivity contribution is 0.534. The van der Waals surface area contributed by atoms with Crippen LogP contribution in [0.1, 0.15) is 5.56 Å². The number of rotatable bonds is 1. The lowest BCUT2D eigenvalue weighted by Gasteiger charge is -2.03. The molecule has 0 aliphatic carbocycles. The number of benzene rings is 2. The zero-order valence-electron chi connectivity index (χ0n) is 10.0. The third-order valence-electron chi connectivity index (χ3n) is 2.98. The number of hydrogen-bond donors (Lipinski definition) is 0. The van der Waals surface area contributed by atoms with Crippen molar-refractivity contribution in [3.63, 3.8) is 0 Å². The van der Waals surface area contributed by atoms with E-state index in [4.69, 9.17) is 4.42 Å². The van der Waals surface area contributed by atoms with Gasteiger partial charge in [0.25, 0.3) is 0 Å². The van der Waals surface area contributed by atoms with Gasteiger partial charge in [-0.25, -0.2) is 4.79 Å². The molecule has 0 aliphatic heterocycles. The summed E-state index contributed by atoms with van der Waals surface area (Å²) in [6.45, 7) is 1.96. The topological polar surface area (TPSA) is 30.2 Å². The smallest absolute Gasteiger partial charge is 0.344 e. The zero-order chi connectivity index (χ0) is 12.5. The quantitative estimate of drug-likeness (QED) is 0.643. The molecule has 3 aromatic rings. The average molecular weight is 236 g/mol. The highest BCUT2D eigenvalue weighted by atomic mass is 16.4. The van der Waals surface area contributed by atoms with E-state index < -0.39 is 0 Å². The van der Waals surface area contributed by atoms with Gasteiger partial charge in [0, 0.05) is 5.56 Å². The van der Waals surface area contributed by atoms with E-state index in [1.165, 1.54) is 0 Å². The fourth-order valence-electron chi connectivity index (χ4n) is 2.04. The second-order valence-corrected chi connectivity index (χ2v) is 4.35. The van der Waals surface area contributed by atoms with Crippen LogP contribution in [-0.2, 0) is 0 Å². The van der Waals surface area contributed by atoms with Crippen LogP contribution in [0, 0.1) is 6.92 Å². The highest BCUT2D eigenvalue weighted by Crippen LogP contribution is 2.22. The maximum Gasteiger partial charge on any atom is 0.344 e. The lowest BCUT2D eigenvalue weighted by Crippen LogP contribution is -2.00. The van der Waals surface area contributed by atoms with Crippen LogP contribution in [0.3, 0.4) is 0 Å². The minimum atomic E-state index is -0.282. The minimum Gasteiger partial charge on any atom is -0.422 e. The normalized spacial score (nSPS) is 10.7. The molecule has 0 N–H and O–H groups in total. The van der Waals surface area contributed by atoms with Crippen molar-refractivity contribution < 1.29 is 4.42 Å². The monoisotopic (exact) mass is 236 g/mol. The molecule has 0 saturated carbocycles. The third-order valence-corrected chi connectivity index (χ3v) is 2.98. The maximum atomic E-state index is 12.0. The van der Waals surface area contributed by atoms with Crippen LogP contribution < -0.4 is 5.63 Å². The summed E-state index contributed by atoms with van der Waals surface area (Å²) in [6, 6.07) is 17.4. The van der Waals surface area contributed by atoms with Crippen LogP contribution in [0.5, 0.6) is 0 Å². The number of fused-ring (bicyclic) bond motifs is 1. The molecule has 88 valence electrons. The molecular weight excluding hydrogens is 224 g/mol. The Kier molecular flexibility index (Phi) is 2.49. The average Bonchev–Trinajstić information content (AvgIpc) is 2.40. The fourth-order valence-corrected chi connectivity index (χ4v) is 2.04. The van der Waals surface area contributed by atoms with Gasteiger partial charge < -0.3 is 4.42 Å². The molecule has 0 unspecified atom stereocenters. The van der Waals surface area contributed by atoms with E-state index in [2.05, 4.69) is 0 Å². The molecule has 0 spiro atoms. The van der Waals surface area contributed by atoms with E-state index >= 15 is 0 Å². The Morgan fingerprint density at radius 2 is 1.72 bits per heavy atom. The summed E-state index contributed by atoms with van der Waals surface area (Å²) in [5, 5.41) is 1.55. The van der Waals surface area contributed by atoms with Gasteiger partial charge in [-0.15, -0.1) is 0 Å². The molecule has 1 heterocycles. The van der Waals surface area contributed by atoms with E-state index in [0.717, 1.165) is 16.5 Å². The highest BCUT2D eigenvalue weighted by Gasteiger charge is 2.06. The highest BCUT2D eigenvalue weighted by molar-refractivity contribution is 5.84. The van der Waals surface area contributed by atoms with Gasteiger partial charge in [0.1, 0.15) is 5.76 Å². The summed E-state index contributed by atoms with van der Waals surface area (Å²) in [5.41, 5.74) is 1.69. The summed E-state index contributed by atoms with van der Waals surface area (Å²) in [5.74, 6) is 0.608. The maximum absolute atomic E-state index is 12.0. The second kappa shape index (κ2) is 4.15. The molecule has 0 saturated heterocycles. The first-order valence-corrected chi connectivity index (χ1v) is 5.84. The molecule has 0 amide bonds. The van der Waals surface area contributed by atoms with Gasteiger partial charge >= 0.3 is 5.63 Å². The molecule has 0 atom stereocenters. The Morgan fingerprint density at radius 3 is 2.50 bits per heavy atom.